The molecule has 10 nitrogen and oxygen atoms in total. The molecule has 38 heavy (non-hydrogen) atoms. The van der Waals surface area contributed by atoms with Gasteiger partial charge < -0.3 is 4.74 Å². The number of methoxy groups -OCH3 is 1. The summed E-state index contributed by atoms with van der Waals surface area (Å²) in [6, 6.07) is 24.5. The molecule has 2 heterocycles. The first-order valence-corrected chi connectivity index (χ1v) is 11.6. The second-order valence-electron chi connectivity index (χ2n) is 8.36. The number of benzene rings is 3. The minimum atomic E-state index is -0.476. The van der Waals surface area contributed by atoms with Crippen molar-refractivity contribution >= 4 is 28.8 Å². The minimum Gasteiger partial charge on any atom is -0.497 e. The SMILES string of the molecule is COc1ccc(-c2cc(C(=O)N/N=C\c3ccc([N+](=O)[O-])cc3)c3c(C)nn(-c4ccccc4)c3n2)cc1. The number of carbonyl (C=O) groups excluding carboxylic acids is 1. The van der Waals surface area contributed by atoms with Crippen LogP contribution in [0.1, 0.15) is 21.6 Å². The number of carbonyl (C=O) groups is 1. The van der Waals surface area contributed by atoms with Crippen LogP contribution in [0.2, 0.25) is 0 Å². The van der Waals surface area contributed by atoms with E-state index < -0.39 is 10.8 Å². The summed E-state index contributed by atoms with van der Waals surface area (Å²) in [4.78, 5) is 28.6. The van der Waals surface area contributed by atoms with Gasteiger partial charge >= 0.3 is 0 Å². The Labute approximate surface area is 217 Å². The van der Waals surface area contributed by atoms with E-state index in [0.717, 1.165) is 11.3 Å². The number of hydrogen-bond donors (Lipinski definition) is 1. The molecule has 5 aromatic rings. The number of nitro benzene ring substituents is 1. The van der Waals surface area contributed by atoms with Gasteiger partial charge in [0.1, 0.15) is 5.75 Å². The first-order chi connectivity index (χ1) is 18.4. The molecule has 0 aliphatic carbocycles. The number of hydrogen-bond acceptors (Lipinski definition) is 7. The van der Waals surface area contributed by atoms with Crippen molar-refractivity contribution in [2.75, 3.05) is 7.11 Å². The van der Waals surface area contributed by atoms with Gasteiger partial charge in [0, 0.05) is 17.7 Å². The summed E-state index contributed by atoms with van der Waals surface area (Å²) in [5.41, 5.74) is 6.87. The molecule has 188 valence electrons. The van der Waals surface area contributed by atoms with E-state index in [2.05, 4.69) is 15.6 Å². The summed E-state index contributed by atoms with van der Waals surface area (Å²) in [6.45, 7) is 1.83. The van der Waals surface area contributed by atoms with Crippen molar-refractivity contribution in [3.05, 3.63) is 112 Å². The Morgan fingerprint density at radius 3 is 2.42 bits per heavy atom. The fraction of sp³-hybridized carbons (Fsp3) is 0.0714. The number of fused-ring (bicyclic) bond motifs is 1. The topological polar surface area (TPSA) is 125 Å². The maximum Gasteiger partial charge on any atom is 0.272 e. The summed E-state index contributed by atoms with van der Waals surface area (Å²) in [7, 11) is 1.60. The van der Waals surface area contributed by atoms with Crippen molar-refractivity contribution in [2.45, 2.75) is 6.92 Å². The molecular formula is C28H22N6O4. The third-order valence-corrected chi connectivity index (χ3v) is 5.93. The highest BCUT2D eigenvalue weighted by Gasteiger charge is 2.21. The van der Waals surface area contributed by atoms with Crippen LogP contribution in [0.5, 0.6) is 5.75 Å². The maximum absolute atomic E-state index is 13.4. The van der Waals surface area contributed by atoms with Crippen molar-refractivity contribution < 1.29 is 14.5 Å². The number of nitrogens with zero attached hydrogens (tertiary/aromatic N) is 5. The van der Waals surface area contributed by atoms with E-state index >= 15 is 0 Å². The maximum atomic E-state index is 13.4. The second kappa shape index (κ2) is 10.3. The number of pyridine rings is 1. The van der Waals surface area contributed by atoms with Gasteiger partial charge in [-0.3, -0.25) is 14.9 Å². The molecular weight excluding hydrogens is 484 g/mol. The van der Waals surface area contributed by atoms with E-state index in [1.807, 2.05) is 61.5 Å². The van der Waals surface area contributed by atoms with Crippen LogP contribution < -0.4 is 10.2 Å². The normalized spacial score (nSPS) is 11.1. The number of non-ortho nitro benzene ring substituents is 1. The van der Waals surface area contributed by atoms with E-state index in [0.29, 0.717) is 39.3 Å². The van der Waals surface area contributed by atoms with E-state index in [4.69, 9.17) is 9.72 Å². The summed E-state index contributed by atoms with van der Waals surface area (Å²) in [5, 5.41) is 20.2. The Morgan fingerprint density at radius 2 is 1.76 bits per heavy atom. The molecule has 0 fully saturated rings. The highest BCUT2D eigenvalue weighted by Crippen LogP contribution is 2.29. The van der Waals surface area contributed by atoms with E-state index in [1.165, 1.54) is 18.3 Å². The number of aromatic nitrogens is 3. The van der Waals surface area contributed by atoms with Crippen LogP contribution in [-0.4, -0.2) is 38.9 Å². The molecule has 0 saturated heterocycles. The van der Waals surface area contributed by atoms with Crippen LogP contribution >= 0.6 is 0 Å². The second-order valence-corrected chi connectivity index (χ2v) is 8.36. The lowest BCUT2D eigenvalue weighted by atomic mass is 10.0. The Kier molecular flexibility index (Phi) is 6.60. The third kappa shape index (κ3) is 4.82. The van der Waals surface area contributed by atoms with Gasteiger partial charge in [0.2, 0.25) is 0 Å². The monoisotopic (exact) mass is 506 g/mol. The van der Waals surface area contributed by atoms with Gasteiger partial charge in [-0.25, -0.2) is 15.1 Å². The van der Waals surface area contributed by atoms with Crippen LogP contribution in [0.25, 0.3) is 28.0 Å². The number of aryl methyl sites for hydroxylation is 1. The van der Waals surface area contributed by atoms with Crippen molar-refractivity contribution in [1.29, 1.82) is 0 Å². The van der Waals surface area contributed by atoms with Gasteiger partial charge in [0.25, 0.3) is 11.6 Å². The molecule has 0 saturated carbocycles. The lowest BCUT2D eigenvalue weighted by Crippen LogP contribution is -2.18. The average molecular weight is 507 g/mol. The number of rotatable bonds is 7. The highest BCUT2D eigenvalue weighted by atomic mass is 16.6. The predicted octanol–water partition coefficient (Wildman–Crippen LogP) is 5.08. The van der Waals surface area contributed by atoms with E-state index in [-0.39, 0.29) is 5.69 Å². The number of hydrazone groups is 1. The van der Waals surface area contributed by atoms with Crippen LogP contribution in [-0.2, 0) is 0 Å². The van der Waals surface area contributed by atoms with E-state index in [1.54, 1.807) is 30.0 Å². The molecule has 0 unspecified atom stereocenters. The predicted molar refractivity (Wildman–Crippen MR) is 144 cm³/mol. The Balaban J connectivity index is 1.56. The summed E-state index contributed by atoms with van der Waals surface area (Å²) < 4.78 is 6.99. The van der Waals surface area contributed by atoms with Gasteiger partial charge in [-0.15, -0.1) is 0 Å². The molecule has 3 aromatic carbocycles. The quantitative estimate of drug-likeness (QED) is 0.187. The lowest BCUT2D eigenvalue weighted by Gasteiger charge is -2.09. The zero-order valence-corrected chi connectivity index (χ0v) is 20.5. The standard InChI is InChI=1S/C28H22N6O4/c1-18-26-24(28(35)31-29-17-19-8-12-22(13-9-19)34(36)37)16-25(20-10-14-23(38-2)15-11-20)30-27(26)33(32-18)21-6-4-3-5-7-21/h3-17H,1-2H3,(H,31,35)/b29-17-. The van der Waals surface area contributed by atoms with Crippen LogP contribution in [0.15, 0.2) is 90.0 Å². The molecule has 0 spiro atoms. The van der Waals surface area contributed by atoms with Crippen molar-refractivity contribution in [3.63, 3.8) is 0 Å². The van der Waals surface area contributed by atoms with Crippen LogP contribution in [0.3, 0.4) is 0 Å². The number of para-hydroxylation sites is 1. The van der Waals surface area contributed by atoms with E-state index in [9.17, 15) is 14.9 Å². The smallest absolute Gasteiger partial charge is 0.272 e. The van der Waals surface area contributed by atoms with Gasteiger partial charge in [0.15, 0.2) is 5.65 Å². The number of nitrogens with one attached hydrogen (secondary N) is 1. The fourth-order valence-corrected chi connectivity index (χ4v) is 4.03. The third-order valence-electron chi connectivity index (χ3n) is 5.93. The lowest BCUT2D eigenvalue weighted by molar-refractivity contribution is -0.384. The Bertz CT molecular complexity index is 1660. The number of ether oxygens (including phenoxy) is 1. The zero-order valence-electron chi connectivity index (χ0n) is 20.5. The van der Waals surface area contributed by atoms with Gasteiger partial charge in [-0.1, -0.05) is 18.2 Å². The highest BCUT2D eigenvalue weighted by molar-refractivity contribution is 6.08. The molecule has 2 aromatic heterocycles. The van der Waals surface area contributed by atoms with Crippen LogP contribution in [0, 0.1) is 17.0 Å². The van der Waals surface area contributed by atoms with Crippen molar-refractivity contribution in [3.8, 4) is 22.7 Å². The minimum absolute atomic E-state index is 0.0256. The molecule has 0 atom stereocenters. The summed E-state index contributed by atoms with van der Waals surface area (Å²) >= 11 is 0. The number of amides is 1. The molecule has 0 aliphatic heterocycles. The molecule has 0 aliphatic rings. The summed E-state index contributed by atoms with van der Waals surface area (Å²) in [5.74, 6) is 0.264. The molecule has 1 amide bonds. The Hall–Kier alpha value is -5.38. The molecule has 5 rings (SSSR count). The largest absolute Gasteiger partial charge is 0.497 e. The molecule has 1 N–H and O–H groups in total. The summed E-state index contributed by atoms with van der Waals surface area (Å²) in [6.07, 6.45) is 1.42. The average Bonchev–Trinajstić information content (AvgIpc) is 3.29. The van der Waals surface area contributed by atoms with Crippen LogP contribution in [0.4, 0.5) is 5.69 Å². The van der Waals surface area contributed by atoms with Gasteiger partial charge in [-0.05, 0) is 67.1 Å². The zero-order chi connectivity index (χ0) is 26.6. The van der Waals surface area contributed by atoms with Crippen molar-refractivity contribution in [1.82, 2.24) is 20.2 Å². The fourth-order valence-electron chi connectivity index (χ4n) is 4.03. The van der Waals surface area contributed by atoms with Gasteiger partial charge in [-0.2, -0.15) is 10.2 Å². The first-order valence-electron chi connectivity index (χ1n) is 11.6. The number of nitro groups is 1. The molecule has 0 radical (unpaired) electrons. The first kappa shape index (κ1) is 24.3. The molecule has 0 bridgehead atoms. The van der Waals surface area contributed by atoms with Crippen molar-refractivity contribution in [2.24, 2.45) is 5.10 Å². The Morgan fingerprint density at radius 1 is 1.05 bits per heavy atom. The van der Waals surface area contributed by atoms with Gasteiger partial charge in [0.05, 0.1) is 46.3 Å². The molecule has 10 heteroatoms.